The van der Waals surface area contributed by atoms with E-state index in [0.29, 0.717) is 16.3 Å². The number of nitrogens with one attached hydrogen (secondary N) is 1. The maximum atomic E-state index is 12.4. The molecule has 0 amide bonds. The minimum absolute atomic E-state index is 0.0693. The van der Waals surface area contributed by atoms with Crippen molar-refractivity contribution in [2.45, 2.75) is 45.6 Å². The topological polar surface area (TPSA) is 72.2 Å². The third kappa shape index (κ3) is 2.22. The number of benzene rings is 1. The van der Waals surface area contributed by atoms with Gasteiger partial charge in [-0.05, 0) is 35.4 Å². The van der Waals surface area contributed by atoms with Gasteiger partial charge in [-0.15, -0.1) is 0 Å². The van der Waals surface area contributed by atoms with Crippen LogP contribution in [0.3, 0.4) is 0 Å². The zero-order valence-corrected chi connectivity index (χ0v) is 14.0. The molecule has 0 atom stereocenters. The Morgan fingerprint density at radius 2 is 1.70 bits per heavy atom. The summed E-state index contributed by atoms with van der Waals surface area (Å²) in [6, 6.07) is 2.80. The van der Waals surface area contributed by atoms with Crippen molar-refractivity contribution in [1.82, 2.24) is 4.72 Å². The predicted molar refractivity (Wildman–Crippen MR) is 82.3 cm³/mol. The van der Waals surface area contributed by atoms with Gasteiger partial charge in [0.15, 0.2) is 0 Å². The molecule has 1 fully saturated rings. The fourth-order valence-corrected chi connectivity index (χ4v) is 4.43. The number of hydrogen-bond acceptors (Lipinski definition) is 3. The Kier molecular flexibility index (Phi) is 3.40. The van der Waals surface area contributed by atoms with Gasteiger partial charge in [0, 0.05) is 16.8 Å². The summed E-state index contributed by atoms with van der Waals surface area (Å²) in [7, 11) is -3.62. The van der Waals surface area contributed by atoms with Gasteiger partial charge in [0.2, 0.25) is 10.0 Å². The van der Waals surface area contributed by atoms with Gasteiger partial charge in [-0.3, -0.25) is 0 Å². The molecule has 1 saturated carbocycles. The zero-order chi connectivity index (χ0) is 15.5. The van der Waals surface area contributed by atoms with Crippen LogP contribution in [0.5, 0.6) is 0 Å². The molecular formula is C14H21ClN2O2S. The highest BCUT2D eigenvalue weighted by molar-refractivity contribution is 7.89. The van der Waals surface area contributed by atoms with E-state index in [1.165, 1.54) is 12.1 Å². The van der Waals surface area contributed by atoms with Crippen LogP contribution in [0.4, 0.5) is 5.69 Å². The van der Waals surface area contributed by atoms with E-state index in [1.54, 1.807) is 6.92 Å². The lowest BCUT2D eigenvalue weighted by molar-refractivity contribution is 0.457. The van der Waals surface area contributed by atoms with Gasteiger partial charge in [-0.25, -0.2) is 13.1 Å². The van der Waals surface area contributed by atoms with Crippen LogP contribution in [0, 0.1) is 17.8 Å². The molecule has 3 N–H and O–H groups in total. The quantitative estimate of drug-likeness (QED) is 0.842. The van der Waals surface area contributed by atoms with Crippen molar-refractivity contribution in [1.29, 1.82) is 0 Å². The summed E-state index contributed by atoms with van der Waals surface area (Å²) in [5.74, 6) is 0. The second-order valence-corrected chi connectivity index (χ2v) is 8.74. The first kappa shape index (κ1) is 15.6. The fourth-order valence-electron chi connectivity index (χ4n) is 2.54. The summed E-state index contributed by atoms with van der Waals surface area (Å²) >= 11 is 6.02. The summed E-state index contributed by atoms with van der Waals surface area (Å²) in [5, 5.41) is 0.361. The molecule has 0 heterocycles. The maximum Gasteiger partial charge on any atom is 0.240 e. The number of sulfonamides is 1. The summed E-state index contributed by atoms with van der Waals surface area (Å²) in [4.78, 5) is 0.115. The van der Waals surface area contributed by atoms with Gasteiger partial charge in [-0.1, -0.05) is 39.3 Å². The Morgan fingerprint density at radius 1 is 1.20 bits per heavy atom. The summed E-state index contributed by atoms with van der Waals surface area (Å²) in [6.07, 6.45) is 0. The number of anilines is 1. The van der Waals surface area contributed by atoms with Crippen LogP contribution in [-0.4, -0.2) is 14.5 Å². The molecule has 2 rings (SSSR count). The highest BCUT2D eigenvalue weighted by Gasteiger charge is 2.66. The highest BCUT2D eigenvalue weighted by Crippen LogP contribution is 2.62. The highest BCUT2D eigenvalue weighted by atomic mass is 35.5. The Morgan fingerprint density at radius 3 is 2.10 bits per heavy atom. The van der Waals surface area contributed by atoms with E-state index >= 15 is 0 Å². The van der Waals surface area contributed by atoms with Crippen molar-refractivity contribution in [3.8, 4) is 0 Å². The third-order valence-corrected chi connectivity index (χ3v) is 6.76. The van der Waals surface area contributed by atoms with E-state index in [4.69, 9.17) is 17.3 Å². The number of halogens is 1. The molecular weight excluding hydrogens is 296 g/mol. The number of nitrogen functional groups attached to an aromatic ring is 1. The lowest BCUT2D eigenvalue weighted by Crippen LogP contribution is -2.30. The molecule has 0 spiro atoms. The Labute approximate surface area is 125 Å². The molecule has 0 aromatic heterocycles. The van der Waals surface area contributed by atoms with Crippen molar-refractivity contribution in [3.63, 3.8) is 0 Å². The Hall–Kier alpha value is -0.780. The molecule has 1 aliphatic rings. The van der Waals surface area contributed by atoms with Crippen LogP contribution in [0.15, 0.2) is 17.0 Å². The van der Waals surface area contributed by atoms with Gasteiger partial charge in [0.05, 0.1) is 4.90 Å². The molecule has 0 bridgehead atoms. The zero-order valence-electron chi connectivity index (χ0n) is 12.4. The normalized spacial score (nSPS) is 20.9. The van der Waals surface area contributed by atoms with Gasteiger partial charge in [0.1, 0.15) is 0 Å². The molecule has 112 valence electrons. The van der Waals surface area contributed by atoms with E-state index in [9.17, 15) is 8.42 Å². The molecule has 6 heteroatoms. The standard InChI is InChI=1S/C14H21ClN2O2S/c1-8-10(15)6-9(7-11(8)16)20(18,19)17-12-13(2,3)14(12,4)5/h6-7,12,17H,16H2,1-5H3. The second kappa shape index (κ2) is 4.36. The monoisotopic (exact) mass is 316 g/mol. The first-order chi connectivity index (χ1) is 8.91. The molecule has 0 unspecified atom stereocenters. The van der Waals surface area contributed by atoms with Crippen molar-refractivity contribution in [3.05, 3.63) is 22.7 Å². The number of rotatable bonds is 3. The van der Waals surface area contributed by atoms with Gasteiger partial charge in [-0.2, -0.15) is 0 Å². The summed E-state index contributed by atoms with van der Waals surface area (Å²) in [5.41, 5.74) is 6.73. The largest absolute Gasteiger partial charge is 0.398 e. The minimum atomic E-state index is -3.62. The first-order valence-corrected chi connectivity index (χ1v) is 8.35. The van der Waals surface area contributed by atoms with Crippen molar-refractivity contribution >= 4 is 27.3 Å². The molecule has 4 nitrogen and oxygen atoms in total. The van der Waals surface area contributed by atoms with Crippen molar-refractivity contribution in [2.24, 2.45) is 10.8 Å². The summed E-state index contributed by atoms with van der Waals surface area (Å²) in [6.45, 7) is 9.97. The molecule has 20 heavy (non-hydrogen) atoms. The molecule has 0 saturated heterocycles. The van der Waals surface area contributed by atoms with E-state index < -0.39 is 10.0 Å². The van der Waals surface area contributed by atoms with Gasteiger partial charge in [0.25, 0.3) is 0 Å². The second-order valence-electron chi connectivity index (χ2n) is 6.62. The van der Waals surface area contributed by atoms with Crippen LogP contribution in [0.2, 0.25) is 5.02 Å². The van der Waals surface area contributed by atoms with Crippen LogP contribution in [-0.2, 0) is 10.0 Å². The predicted octanol–water partition coefficient (Wildman–Crippen LogP) is 2.94. The van der Waals surface area contributed by atoms with Crippen LogP contribution in [0.25, 0.3) is 0 Å². The number of nitrogens with two attached hydrogens (primary N) is 1. The molecule has 0 aliphatic heterocycles. The smallest absolute Gasteiger partial charge is 0.240 e. The Balaban J connectivity index is 2.34. The van der Waals surface area contributed by atoms with Crippen molar-refractivity contribution in [2.75, 3.05) is 5.73 Å². The number of hydrogen-bond donors (Lipinski definition) is 2. The fraction of sp³-hybridized carbons (Fsp3) is 0.571. The van der Waals surface area contributed by atoms with Crippen molar-refractivity contribution < 1.29 is 8.42 Å². The minimum Gasteiger partial charge on any atom is -0.398 e. The SMILES string of the molecule is Cc1c(N)cc(S(=O)(=O)NC2C(C)(C)C2(C)C)cc1Cl. The molecule has 1 aromatic rings. The molecule has 0 radical (unpaired) electrons. The van der Waals surface area contributed by atoms with Gasteiger partial charge >= 0.3 is 0 Å². The van der Waals surface area contributed by atoms with Crippen LogP contribution in [0.1, 0.15) is 33.3 Å². The lowest BCUT2D eigenvalue weighted by atomic mass is 10.0. The lowest BCUT2D eigenvalue weighted by Gasteiger charge is -2.11. The van der Waals surface area contributed by atoms with E-state index in [1.807, 2.05) is 0 Å². The maximum absolute atomic E-state index is 12.4. The van der Waals surface area contributed by atoms with E-state index in [2.05, 4.69) is 32.4 Å². The third-order valence-electron chi connectivity index (χ3n) is 4.96. The van der Waals surface area contributed by atoms with Gasteiger partial charge < -0.3 is 5.73 Å². The van der Waals surface area contributed by atoms with Crippen LogP contribution < -0.4 is 10.5 Å². The average molecular weight is 317 g/mol. The summed E-state index contributed by atoms with van der Waals surface area (Å²) < 4.78 is 27.7. The average Bonchev–Trinajstić information content (AvgIpc) is 2.67. The first-order valence-electron chi connectivity index (χ1n) is 6.49. The van der Waals surface area contributed by atoms with E-state index in [-0.39, 0.29) is 21.8 Å². The Bertz CT molecular complexity index is 629. The molecule has 1 aliphatic carbocycles. The van der Waals surface area contributed by atoms with Crippen LogP contribution >= 0.6 is 11.6 Å². The molecule has 1 aromatic carbocycles. The van der Waals surface area contributed by atoms with E-state index in [0.717, 1.165) is 0 Å².